The number of fused-ring (bicyclic) bond motifs is 1. The Balaban J connectivity index is 2.40. The van der Waals surface area contributed by atoms with E-state index >= 15 is 0 Å². The van der Waals surface area contributed by atoms with Gasteiger partial charge in [-0.15, -0.1) is 0 Å². The zero-order valence-corrected chi connectivity index (χ0v) is 14.1. The van der Waals surface area contributed by atoms with Crippen molar-refractivity contribution in [3.05, 3.63) is 0 Å². The molecular weight excluding hydrogens is 286 g/mol. The number of carbonyl (C=O) groups is 2. The first-order valence-electron chi connectivity index (χ1n) is 7.75. The number of piperazine rings is 1. The Labute approximate surface area is 131 Å². The third-order valence-electron chi connectivity index (χ3n) is 4.80. The first-order valence-corrected chi connectivity index (χ1v) is 7.75. The Bertz CT molecular complexity index is 449. The Morgan fingerprint density at radius 3 is 2.45 bits per heavy atom. The number of amides is 2. The molecule has 0 aromatic carbocycles. The average molecular weight is 313 g/mol. The van der Waals surface area contributed by atoms with Crippen LogP contribution < -0.4 is 0 Å². The number of rotatable bonds is 2. The summed E-state index contributed by atoms with van der Waals surface area (Å²) in [6.07, 6.45) is 0.993. The topological polar surface area (TPSA) is 73.3 Å². The third kappa shape index (κ3) is 2.92. The molecule has 0 radical (unpaired) electrons. The van der Waals surface area contributed by atoms with E-state index < -0.39 is 12.1 Å². The van der Waals surface area contributed by atoms with Crippen LogP contribution in [0.3, 0.4) is 0 Å². The zero-order valence-electron chi connectivity index (χ0n) is 14.1. The fraction of sp³-hybridized carbons (Fsp3) is 0.867. The van der Waals surface area contributed by atoms with Gasteiger partial charge in [0.05, 0.1) is 13.2 Å². The smallest absolute Gasteiger partial charge is 0.408 e. The fourth-order valence-corrected chi connectivity index (χ4v) is 3.87. The van der Waals surface area contributed by atoms with Crippen LogP contribution in [0.2, 0.25) is 0 Å². The molecule has 22 heavy (non-hydrogen) atoms. The van der Waals surface area contributed by atoms with E-state index in [0.29, 0.717) is 6.54 Å². The van der Waals surface area contributed by atoms with Crippen LogP contribution >= 0.6 is 0 Å². The molecule has 2 saturated heterocycles. The van der Waals surface area contributed by atoms with Crippen LogP contribution in [0.15, 0.2) is 0 Å². The maximum Gasteiger partial charge on any atom is 0.408 e. The molecule has 0 saturated carbocycles. The van der Waals surface area contributed by atoms with Gasteiger partial charge in [0.1, 0.15) is 6.04 Å². The highest BCUT2D eigenvalue weighted by Gasteiger charge is 2.52. The van der Waals surface area contributed by atoms with E-state index in [9.17, 15) is 14.7 Å². The molecule has 7 heteroatoms. The summed E-state index contributed by atoms with van der Waals surface area (Å²) in [5, 5.41) is 10.9. The molecule has 0 bridgehead atoms. The summed E-state index contributed by atoms with van der Waals surface area (Å²) in [4.78, 5) is 33.1. The predicted molar refractivity (Wildman–Crippen MR) is 81.3 cm³/mol. The van der Waals surface area contributed by atoms with Crippen molar-refractivity contribution in [2.45, 2.75) is 51.7 Å². The molecule has 7 nitrogen and oxygen atoms in total. The summed E-state index contributed by atoms with van der Waals surface area (Å²) in [6, 6.07) is -0.741. The number of likely N-dealkylation sites (N-methyl/N-ethyl adjacent to an activating group) is 1. The maximum absolute atomic E-state index is 12.6. The van der Waals surface area contributed by atoms with Crippen molar-refractivity contribution in [1.29, 1.82) is 0 Å². The lowest BCUT2D eigenvalue weighted by atomic mass is 9.78. The lowest BCUT2D eigenvalue weighted by Crippen LogP contribution is -2.69. The lowest BCUT2D eigenvalue weighted by molar-refractivity contribution is -0.179. The first kappa shape index (κ1) is 17.0. The SMILES string of the molecule is CON(C)C(=O)[C@@H]1CN2CCC[C@@H]2C(C(C)(C)C)N1C(=O)O. The van der Waals surface area contributed by atoms with Crippen LogP contribution in [0.5, 0.6) is 0 Å². The number of hydrogen-bond acceptors (Lipinski definition) is 4. The summed E-state index contributed by atoms with van der Waals surface area (Å²) < 4.78 is 0. The molecule has 3 atom stereocenters. The standard InChI is InChI=1S/C15H27N3O4/c1-15(2,3)12-10-7-6-8-17(10)9-11(18(12)14(20)21)13(19)16(4)22-5/h10-12H,6-9H2,1-5H3,(H,20,21)/t10-,11+,12?/m1/s1. The highest BCUT2D eigenvalue weighted by molar-refractivity contribution is 5.85. The second-order valence-corrected chi connectivity index (χ2v) is 7.24. The normalized spacial score (nSPS) is 29.3. The van der Waals surface area contributed by atoms with Crippen LogP contribution in [-0.4, -0.2) is 77.3 Å². The third-order valence-corrected chi connectivity index (χ3v) is 4.80. The molecule has 0 spiro atoms. The Morgan fingerprint density at radius 1 is 1.32 bits per heavy atom. The second kappa shape index (κ2) is 6.04. The monoisotopic (exact) mass is 313 g/mol. The molecule has 2 aliphatic rings. The van der Waals surface area contributed by atoms with Crippen molar-refractivity contribution in [3.63, 3.8) is 0 Å². The van der Waals surface area contributed by atoms with E-state index in [1.165, 1.54) is 19.1 Å². The molecular formula is C15H27N3O4. The molecule has 2 amide bonds. The predicted octanol–water partition coefficient (Wildman–Crippen LogP) is 1.25. The zero-order chi connectivity index (χ0) is 16.7. The van der Waals surface area contributed by atoms with Gasteiger partial charge in [-0.2, -0.15) is 0 Å². The molecule has 0 aromatic heterocycles. The average Bonchev–Trinajstić information content (AvgIpc) is 2.89. The van der Waals surface area contributed by atoms with Gasteiger partial charge in [0.25, 0.3) is 5.91 Å². The number of hydroxylamine groups is 2. The molecule has 1 N–H and O–H groups in total. The Hall–Kier alpha value is -1.34. The summed E-state index contributed by atoms with van der Waals surface area (Å²) in [7, 11) is 2.93. The van der Waals surface area contributed by atoms with Gasteiger partial charge in [0.15, 0.2) is 0 Å². The second-order valence-electron chi connectivity index (χ2n) is 7.24. The number of hydrogen-bond donors (Lipinski definition) is 1. The van der Waals surface area contributed by atoms with E-state index in [2.05, 4.69) is 4.90 Å². The van der Waals surface area contributed by atoms with Crippen molar-refractivity contribution in [2.75, 3.05) is 27.2 Å². The number of carbonyl (C=O) groups excluding carboxylic acids is 1. The maximum atomic E-state index is 12.6. The molecule has 0 aliphatic carbocycles. The summed E-state index contributed by atoms with van der Waals surface area (Å²) in [6.45, 7) is 7.48. The van der Waals surface area contributed by atoms with Crippen LogP contribution in [-0.2, 0) is 9.63 Å². The van der Waals surface area contributed by atoms with E-state index in [0.717, 1.165) is 24.4 Å². The summed E-state index contributed by atoms with van der Waals surface area (Å²) >= 11 is 0. The van der Waals surface area contributed by atoms with Crippen LogP contribution in [0.1, 0.15) is 33.6 Å². The van der Waals surface area contributed by atoms with Crippen LogP contribution in [0, 0.1) is 5.41 Å². The Morgan fingerprint density at radius 2 is 1.95 bits per heavy atom. The minimum absolute atomic E-state index is 0.188. The van der Waals surface area contributed by atoms with Gasteiger partial charge >= 0.3 is 6.09 Å². The summed E-state index contributed by atoms with van der Waals surface area (Å²) in [5.41, 5.74) is -0.240. The van der Waals surface area contributed by atoms with Gasteiger partial charge in [-0.1, -0.05) is 20.8 Å². The van der Waals surface area contributed by atoms with E-state index in [1.807, 2.05) is 20.8 Å². The summed E-state index contributed by atoms with van der Waals surface area (Å²) in [5.74, 6) is -0.315. The number of carboxylic acid groups (broad SMARTS) is 1. The van der Waals surface area contributed by atoms with E-state index in [4.69, 9.17) is 4.84 Å². The van der Waals surface area contributed by atoms with Crippen LogP contribution in [0.4, 0.5) is 4.79 Å². The van der Waals surface area contributed by atoms with E-state index in [-0.39, 0.29) is 23.4 Å². The van der Waals surface area contributed by atoms with Gasteiger partial charge in [0.2, 0.25) is 0 Å². The van der Waals surface area contributed by atoms with Crippen molar-refractivity contribution < 1.29 is 19.5 Å². The lowest BCUT2D eigenvalue weighted by Gasteiger charge is -2.52. The molecule has 0 aromatic rings. The highest BCUT2D eigenvalue weighted by atomic mass is 16.7. The van der Waals surface area contributed by atoms with Crippen molar-refractivity contribution in [1.82, 2.24) is 14.9 Å². The molecule has 126 valence electrons. The van der Waals surface area contributed by atoms with Crippen molar-refractivity contribution >= 4 is 12.0 Å². The minimum Gasteiger partial charge on any atom is -0.465 e. The molecule has 2 aliphatic heterocycles. The van der Waals surface area contributed by atoms with Gasteiger partial charge in [-0.25, -0.2) is 9.86 Å². The van der Waals surface area contributed by atoms with Gasteiger partial charge < -0.3 is 5.11 Å². The number of nitrogens with zero attached hydrogens (tertiary/aromatic N) is 3. The minimum atomic E-state index is -1.03. The fourth-order valence-electron chi connectivity index (χ4n) is 3.87. The Kier molecular flexibility index (Phi) is 4.67. The molecule has 1 unspecified atom stereocenters. The quantitative estimate of drug-likeness (QED) is 0.777. The highest BCUT2D eigenvalue weighted by Crippen LogP contribution is 2.39. The van der Waals surface area contributed by atoms with Gasteiger partial charge in [0, 0.05) is 19.6 Å². The van der Waals surface area contributed by atoms with Gasteiger partial charge in [-0.05, 0) is 24.8 Å². The van der Waals surface area contributed by atoms with Crippen LogP contribution in [0.25, 0.3) is 0 Å². The molecule has 2 fully saturated rings. The van der Waals surface area contributed by atoms with Crippen molar-refractivity contribution in [2.24, 2.45) is 5.41 Å². The van der Waals surface area contributed by atoms with E-state index in [1.54, 1.807) is 0 Å². The largest absolute Gasteiger partial charge is 0.465 e. The first-order chi connectivity index (χ1) is 10.2. The van der Waals surface area contributed by atoms with Gasteiger partial charge in [-0.3, -0.25) is 19.4 Å². The molecule has 2 rings (SSSR count). The van der Waals surface area contributed by atoms with Crippen molar-refractivity contribution in [3.8, 4) is 0 Å². The molecule has 2 heterocycles.